The lowest BCUT2D eigenvalue weighted by Crippen LogP contribution is -2.35. The van der Waals surface area contributed by atoms with Crippen molar-refractivity contribution < 1.29 is 14.3 Å². The van der Waals surface area contributed by atoms with Gasteiger partial charge in [-0.1, -0.05) is 23.4 Å². The summed E-state index contributed by atoms with van der Waals surface area (Å²) in [7, 11) is 3.00. The third-order valence-electron chi connectivity index (χ3n) is 3.00. The standard InChI is InChI=1S/C14H15ClN4O3S/c1-8(12(20)16-14(21)22-3)23-13-18-17-11(19(13)2)9-4-6-10(15)7-5-9/h4-8H,1-3H3,(H,16,20,21)/t8-/m1/s1. The highest BCUT2D eigenvalue weighted by molar-refractivity contribution is 8.00. The van der Waals surface area contributed by atoms with Gasteiger partial charge in [-0.2, -0.15) is 0 Å². The molecule has 0 spiro atoms. The fourth-order valence-corrected chi connectivity index (χ4v) is 2.67. The molecule has 0 saturated carbocycles. The number of carbonyl (C=O) groups excluding carboxylic acids is 2. The van der Waals surface area contributed by atoms with Crippen molar-refractivity contribution in [2.75, 3.05) is 7.11 Å². The Morgan fingerprint density at radius 1 is 1.30 bits per heavy atom. The minimum Gasteiger partial charge on any atom is -0.453 e. The SMILES string of the molecule is COC(=O)NC(=O)[C@@H](C)Sc1nnc(-c2ccc(Cl)cc2)n1C. The zero-order chi connectivity index (χ0) is 17.0. The quantitative estimate of drug-likeness (QED) is 0.849. The molecule has 0 aliphatic carbocycles. The van der Waals surface area contributed by atoms with Gasteiger partial charge in [-0.25, -0.2) is 4.79 Å². The molecular weight excluding hydrogens is 340 g/mol. The molecule has 0 radical (unpaired) electrons. The van der Waals surface area contributed by atoms with Gasteiger partial charge >= 0.3 is 6.09 Å². The molecule has 9 heteroatoms. The van der Waals surface area contributed by atoms with Crippen molar-refractivity contribution in [3.05, 3.63) is 29.3 Å². The molecule has 2 amide bonds. The van der Waals surface area contributed by atoms with Gasteiger partial charge in [0.2, 0.25) is 5.91 Å². The Labute approximate surface area is 142 Å². The van der Waals surface area contributed by atoms with Crippen molar-refractivity contribution in [1.29, 1.82) is 0 Å². The summed E-state index contributed by atoms with van der Waals surface area (Å²) in [6.45, 7) is 1.67. The van der Waals surface area contributed by atoms with Crippen LogP contribution in [-0.4, -0.2) is 39.1 Å². The van der Waals surface area contributed by atoms with Crippen LogP contribution in [-0.2, 0) is 16.6 Å². The first-order valence-electron chi connectivity index (χ1n) is 6.63. The Balaban J connectivity index is 2.11. The van der Waals surface area contributed by atoms with Crippen LogP contribution in [0.3, 0.4) is 0 Å². The van der Waals surface area contributed by atoms with Crippen LogP contribution >= 0.6 is 23.4 Å². The second-order valence-corrected chi connectivity index (χ2v) is 6.36. The van der Waals surface area contributed by atoms with Crippen molar-refractivity contribution in [3.8, 4) is 11.4 Å². The van der Waals surface area contributed by atoms with E-state index in [0.29, 0.717) is 16.0 Å². The molecule has 2 rings (SSSR count). The number of nitrogens with zero attached hydrogens (tertiary/aromatic N) is 3. The molecule has 0 fully saturated rings. The number of imide groups is 1. The molecule has 2 aromatic rings. The maximum absolute atomic E-state index is 11.8. The van der Waals surface area contributed by atoms with Gasteiger partial charge in [0.05, 0.1) is 12.4 Å². The molecule has 0 saturated heterocycles. The molecule has 0 aliphatic heterocycles. The van der Waals surface area contributed by atoms with Crippen molar-refractivity contribution in [3.63, 3.8) is 0 Å². The highest BCUT2D eigenvalue weighted by Gasteiger charge is 2.21. The summed E-state index contributed by atoms with van der Waals surface area (Å²) < 4.78 is 6.17. The average molecular weight is 355 g/mol. The van der Waals surface area contributed by atoms with Crippen LogP contribution in [0.25, 0.3) is 11.4 Å². The number of aromatic nitrogens is 3. The number of hydrogen-bond donors (Lipinski definition) is 1. The lowest BCUT2D eigenvalue weighted by atomic mass is 10.2. The monoisotopic (exact) mass is 354 g/mol. The average Bonchev–Trinajstić information content (AvgIpc) is 2.89. The molecule has 1 N–H and O–H groups in total. The molecule has 1 aromatic carbocycles. The summed E-state index contributed by atoms with van der Waals surface area (Å²) >= 11 is 7.07. The summed E-state index contributed by atoms with van der Waals surface area (Å²) in [6, 6.07) is 7.22. The lowest BCUT2D eigenvalue weighted by Gasteiger charge is -2.10. The summed E-state index contributed by atoms with van der Waals surface area (Å²) in [4.78, 5) is 22.9. The number of nitrogens with one attached hydrogen (secondary N) is 1. The molecule has 122 valence electrons. The number of halogens is 1. The lowest BCUT2D eigenvalue weighted by molar-refractivity contribution is -0.119. The van der Waals surface area contributed by atoms with Gasteiger partial charge in [-0.3, -0.25) is 10.1 Å². The molecule has 1 aromatic heterocycles. The van der Waals surface area contributed by atoms with E-state index in [1.54, 1.807) is 30.7 Å². The number of alkyl carbamates (subject to hydrolysis) is 1. The Kier molecular flexibility index (Phi) is 5.62. The maximum Gasteiger partial charge on any atom is 0.413 e. The normalized spacial score (nSPS) is 11.8. The maximum atomic E-state index is 11.8. The van der Waals surface area contributed by atoms with Gasteiger partial charge < -0.3 is 9.30 Å². The Morgan fingerprint density at radius 2 is 1.96 bits per heavy atom. The number of rotatable bonds is 4. The number of hydrogen-bond acceptors (Lipinski definition) is 6. The summed E-state index contributed by atoms with van der Waals surface area (Å²) in [5, 5.41) is 11.0. The highest BCUT2D eigenvalue weighted by atomic mass is 35.5. The Morgan fingerprint density at radius 3 is 2.57 bits per heavy atom. The third kappa shape index (κ3) is 4.23. The van der Waals surface area contributed by atoms with Gasteiger partial charge in [-0.15, -0.1) is 10.2 Å². The minimum absolute atomic E-state index is 0.460. The van der Waals surface area contributed by atoms with Crippen LogP contribution in [0, 0.1) is 0 Å². The van der Waals surface area contributed by atoms with E-state index in [4.69, 9.17) is 11.6 Å². The molecule has 0 unspecified atom stereocenters. The number of ether oxygens (including phenoxy) is 1. The predicted molar refractivity (Wildman–Crippen MR) is 87.3 cm³/mol. The smallest absolute Gasteiger partial charge is 0.413 e. The summed E-state index contributed by atoms with van der Waals surface area (Å²) in [5.41, 5.74) is 0.864. The molecule has 23 heavy (non-hydrogen) atoms. The molecular formula is C14H15ClN4O3S. The molecule has 1 atom stereocenters. The van der Waals surface area contributed by atoms with E-state index in [9.17, 15) is 9.59 Å². The number of methoxy groups -OCH3 is 1. The van der Waals surface area contributed by atoms with Crippen molar-refractivity contribution >= 4 is 35.4 Å². The van der Waals surface area contributed by atoms with Crippen molar-refractivity contribution in [1.82, 2.24) is 20.1 Å². The molecule has 7 nitrogen and oxygen atoms in total. The van der Waals surface area contributed by atoms with Gasteiger partial charge in [-0.05, 0) is 31.2 Å². The topological polar surface area (TPSA) is 86.1 Å². The van der Waals surface area contributed by atoms with Crippen LogP contribution in [0.1, 0.15) is 6.92 Å². The van der Waals surface area contributed by atoms with E-state index in [1.807, 2.05) is 12.1 Å². The first-order chi connectivity index (χ1) is 10.9. The van der Waals surface area contributed by atoms with E-state index in [1.165, 1.54) is 18.9 Å². The Bertz CT molecular complexity index is 717. The van der Waals surface area contributed by atoms with E-state index in [0.717, 1.165) is 5.56 Å². The summed E-state index contributed by atoms with van der Waals surface area (Å²) in [5.74, 6) is 0.197. The van der Waals surface area contributed by atoms with E-state index < -0.39 is 17.3 Å². The number of thioether (sulfide) groups is 1. The van der Waals surface area contributed by atoms with Crippen LogP contribution in [0.2, 0.25) is 5.02 Å². The zero-order valence-corrected chi connectivity index (χ0v) is 14.3. The zero-order valence-electron chi connectivity index (χ0n) is 12.7. The first kappa shape index (κ1) is 17.3. The second-order valence-electron chi connectivity index (χ2n) is 4.61. The van der Waals surface area contributed by atoms with Crippen LogP contribution in [0.15, 0.2) is 29.4 Å². The van der Waals surface area contributed by atoms with Gasteiger partial charge in [0.15, 0.2) is 11.0 Å². The van der Waals surface area contributed by atoms with Crippen LogP contribution < -0.4 is 5.32 Å². The second kappa shape index (κ2) is 7.47. The fraction of sp³-hybridized carbons (Fsp3) is 0.286. The third-order valence-corrected chi connectivity index (χ3v) is 4.39. The van der Waals surface area contributed by atoms with Crippen LogP contribution in [0.4, 0.5) is 4.79 Å². The van der Waals surface area contributed by atoms with Crippen LogP contribution in [0.5, 0.6) is 0 Å². The molecule has 0 bridgehead atoms. The van der Waals surface area contributed by atoms with Gasteiger partial charge in [0.1, 0.15) is 0 Å². The predicted octanol–water partition coefficient (Wildman–Crippen LogP) is 2.50. The number of amides is 2. The van der Waals surface area contributed by atoms with Gasteiger partial charge in [0.25, 0.3) is 0 Å². The first-order valence-corrected chi connectivity index (χ1v) is 7.89. The fourth-order valence-electron chi connectivity index (χ4n) is 1.73. The largest absolute Gasteiger partial charge is 0.453 e. The molecule has 0 aliphatic rings. The Hall–Kier alpha value is -2.06. The van der Waals surface area contributed by atoms with Gasteiger partial charge in [0, 0.05) is 17.6 Å². The van der Waals surface area contributed by atoms with E-state index in [2.05, 4.69) is 20.3 Å². The number of benzene rings is 1. The minimum atomic E-state index is -0.790. The summed E-state index contributed by atoms with van der Waals surface area (Å²) in [6.07, 6.45) is -0.790. The van der Waals surface area contributed by atoms with Crippen molar-refractivity contribution in [2.45, 2.75) is 17.3 Å². The number of carbonyl (C=O) groups is 2. The van der Waals surface area contributed by atoms with Crippen molar-refractivity contribution in [2.24, 2.45) is 7.05 Å². The highest BCUT2D eigenvalue weighted by Crippen LogP contribution is 2.26. The van der Waals surface area contributed by atoms with E-state index in [-0.39, 0.29) is 0 Å². The van der Waals surface area contributed by atoms with E-state index >= 15 is 0 Å². The molecule has 1 heterocycles.